The summed E-state index contributed by atoms with van der Waals surface area (Å²) in [5, 5.41) is 0. The van der Waals surface area contributed by atoms with Crippen molar-refractivity contribution in [1.29, 1.82) is 0 Å². The maximum atomic E-state index is 11.9. The molecule has 4 nitrogen and oxygen atoms in total. The molecule has 5 aliphatic carbocycles. The van der Waals surface area contributed by atoms with Crippen LogP contribution in [-0.2, 0) is 14.3 Å². The number of aliphatic imine (C=N–C) groups is 1. The molecule has 0 aromatic rings. The SMILES string of the molecule is CC(=O)O[C@@H]1CC[C@@]2(C)[C@@H](CC[C@]3(C)[C@@H]2CC=C2[C@@H]4[C@@H](C)[C@H](C)CC[C@]4(C)CC[C@]23C)[C@@]1(C)N=C=O. The molecule has 0 unspecified atom stereocenters. The van der Waals surface area contributed by atoms with Crippen LogP contribution in [0.15, 0.2) is 16.6 Å². The number of carbonyl (C=O) groups is 1. The first-order chi connectivity index (χ1) is 16.8. The summed E-state index contributed by atoms with van der Waals surface area (Å²) in [6.07, 6.45) is 14.7. The maximum absolute atomic E-state index is 11.9. The highest BCUT2D eigenvalue weighted by atomic mass is 16.5. The molecular weight excluding hydrogens is 446 g/mol. The Balaban J connectivity index is 1.57. The van der Waals surface area contributed by atoms with Gasteiger partial charge in [-0.05, 0) is 116 Å². The van der Waals surface area contributed by atoms with Crippen molar-refractivity contribution >= 4 is 12.0 Å². The van der Waals surface area contributed by atoms with Gasteiger partial charge in [-0.2, -0.15) is 4.99 Å². The predicted molar refractivity (Wildman–Crippen MR) is 143 cm³/mol. The summed E-state index contributed by atoms with van der Waals surface area (Å²) in [4.78, 5) is 28.0. The van der Waals surface area contributed by atoms with E-state index in [1.165, 1.54) is 32.6 Å². The number of nitrogens with zero attached hydrogens (tertiary/aromatic N) is 1. The number of ether oxygens (including phenoxy) is 1. The van der Waals surface area contributed by atoms with Crippen LogP contribution in [0.5, 0.6) is 0 Å². The number of isocyanates is 1. The first-order valence-electron chi connectivity index (χ1n) is 14.7. The van der Waals surface area contributed by atoms with Crippen LogP contribution >= 0.6 is 0 Å². The molecule has 0 aromatic heterocycles. The van der Waals surface area contributed by atoms with E-state index in [4.69, 9.17) is 4.74 Å². The zero-order valence-corrected chi connectivity index (χ0v) is 24.1. The molecule has 0 spiro atoms. The molecular formula is C32H49NO3. The predicted octanol–water partition coefficient (Wildman–Crippen LogP) is 7.66. The Bertz CT molecular complexity index is 1010. The molecule has 0 aliphatic heterocycles. The van der Waals surface area contributed by atoms with Gasteiger partial charge in [-0.1, -0.05) is 53.2 Å². The largest absolute Gasteiger partial charge is 0.460 e. The van der Waals surface area contributed by atoms with Gasteiger partial charge in [-0.3, -0.25) is 4.79 Å². The molecule has 0 saturated heterocycles. The van der Waals surface area contributed by atoms with Crippen molar-refractivity contribution in [3.63, 3.8) is 0 Å². The van der Waals surface area contributed by atoms with Gasteiger partial charge in [0.25, 0.3) is 0 Å². The normalized spacial score (nSPS) is 53.9. The molecule has 0 N–H and O–H groups in total. The zero-order chi connectivity index (χ0) is 26.3. The zero-order valence-electron chi connectivity index (χ0n) is 24.1. The van der Waals surface area contributed by atoms with E-state index in [2.05, 4.69) is 59.5 Å². The van der Waals surface area contributed by atoms with Crippen molar-refractivity contribution in [3.05, 3.63) is 11.6 Å². The summed E-state index contributed by atoms with van der Waals surface area (Å²) in [7, 11) is 0. The van der Waals surface area contributed by atoms with Gasteiger partial charge in [-0.15, -0.1) is 0 Å². The lowest BCUT2D eigenvalue weighted by atomic mass is 9.34. The number of carbonyl (C=O) groups excluding carboxylic acids is 2. The molecule has 4 fully saturated rings. The molecule has 5 rings (SSSR count). The second kappa shape index (κ2) is 8.29. The van der Waals surface area contributed by atoms with Gasteiger partial charge in [-0.25, -0.2) is 4.79 Å². The molecule has 4 heteroatoms. The summed E-state index contributed by atoms with van der Waals surface area (Å²) < 4.78 is 5.79. The standard InChI is InChI=1S/C32H49NO3/c1-20-11-14-28(4)17-18-30(6)23(27(28)21(20)2)9-10-24-29(5)15-13-26(36-22(3)35)32(8,33-19-34)25(29)12-16-31(24,30)7/h9,20-21,24-27H,10-18H2,1-8H3/t20-,21+,24-,25-,26-,27+,28-,29-,30-,31-,32-/m1/s1. The number of esters is 1. The fraction of sp³-hybridized carbons (Fsp3) is 0.875. The van der Waals surface area contributed by atoms with Gasteiger partial charge in [0.1, 0.15) is 11.6 Å². The monoisotopic (exact) mass is 495 g/mol. The topological polar surface area (TPSA) is 55.7 Å². The first kappa shape index (κ1) is 26.2. The third-order valence-electron chi connectivity index (χ3n) is 13.6. The number of fused-ring (bicyclic) bond motifs is 7. The molecule has 200 valence electrons. The minimum atomic E-state index is -0.703. The number of rotatable bonds is 2. The maximum Gasteiger partial charge on any atom is 0.302 e. The van der Waals surface area contributed by atoms with Gasteiger partial charge < -0.3 is 4.74 Å². The lowest BCUT2D eigenvalue weighted by molar-refractivity contribution is -0.195. The quantitative estimate of drug-likeness (QED) is 0.171. The van der Waals surface area contributed by atoms with E-state index in [-0.39, 0.29) is 34.2 Å². The van der Waals surface area contributed by atoms with Gasteiger partial charge in [0.2, 0.25) is 6.08 Å². The molecule has 0 bridgehead atoms. The minimum Gasteiger partial charge on any atom is -0.460 e. The number of allylic oxidation sites excluding steroid dienone is 2. The Morgan fingerprint density at radius 1 is 0.972 bits per heavy atom. The Hall–Kier alpha value is -1.41. The van der Waals surface area contributed by atoms with E-state index in [9.17, 15) is 9.59 Å². The van der Waals surface area contributed by atoms with Crippen molar-refractivity contribution in [3.8, 4) is 0 Å². The van der Waals surface area contributed by atoms with Crippen LogP contribution in [0.1, 0.15) is 113 Å². The molecule has 36 heavy (non-hydrogen) atoms. The summed E-state index contributed by atoms with van der Waals surface area (Å²) in [6.45, 7) is 18.8. The molecule has 0 amide bonds. The van der Waals surface area contributed by atoms with E-state index in [1.807, 2.05) is 6.08 Å². The van der Waals surface area contributed by atoms with E-state index in [0.717, 1.165) is 43.9 Å². The van der Waals surface area contributed by atoms with Gasteiger partial charge in [0.05, 0.1) is 0 Å². The van der Waals surface area contributed by atoms with Gasteiger partial charge >= 0.3 is 5.97 Å². The lowest BCUT2D eigenvalue weighted by Crippen LogP contribution is -2.66. The fourth-order valence-electron chi connectivity index (χ4n) is 11.1. The number of hydrogen-bond donors (Lipinski definition) is 0. The summed E-state index contributed by atoms with van der Waals surface area (Å²) >= 11 is 0. The van der Waals surface area contributed by atoms with Crippen molar-refractivity contribution in [1.82, 2.24) is 0 Å². The average molecular weight is 496 g/mol. The van der Waals surface area contributed by atoms with Crippen LogP contribution in [0.3, 0.4) is 0 Å². The Kier molecular flexibility index (Phi) is 6.04. The third-order valence-corrected chi connectivity index (χ3v) is 13.6. The molecule has 4 saturated carbocycles. The van der Waals surface area contributed by atoms with Crippen molar-refractivity contribution in [2.45, 2.75) is 125 Å². The van der Waals surface area contributed by atoms with Crippen molar-refractivity contribution in [2.75, 3.05) is 0 Å². The van der Waals surface area contributed by atoms with Crippen LogP contribution in [0.2, 0.25) is 0 Å². The number of hydrogen-bond acceptors (Lipinski definition) is 4. The molecule has 0 radical (unpaired) electrons. The van der Waals surface area contributed by atoms with Crippen molar-refractivity contribution < 1.29 is 14.3 Å². The second-order valence-electron chi connectivity index (χ2n) is 14.9. The molecule has 5 aliphatic rings. The van der Waals surface area contributed by atoms with Gasteiger partial charge in [0, 0.05) is 6.92 Å². The highest BCUT2D eigenvalue weighted by Crippen LogP contribution is 2.75. The van der Waals surface area contributed by atoms with Crippen LogP contribution < -0.4 is 0 Å². The Morgan fingerprint density at radius 2 is 1.69 bits per heavy atom. The van der Waals surface area contributed by atoms with Crippen LogP contribution in [0, 0.1) is 51.2 Å². The van der Waals surface area contributed by atoms with Crippen LogP contribution in [-0.4, -0.2) is 23.7 Å². The van der Waals surface area contributed by atoms with E-state index in [1.54, 1.807) is 5.57 Å². The highest BCUT2D eigenvalue weighted by Gasteiger charge is 2.69. The molecule has 11 atom stereocenters. The van der Waals surface area contributed by atoms with Crippen LogP contribution in [0.4, 0.5) is 0 Å². The Labute approximate surface area is 219 Å². The lowest BCUT2D eigenvalue weighted by Gasteiger charge is -2.71. The Morgan fingerprint density at radius 3 is 2.36 bits per heavy atom. The summed E-state index contributed by atoms with van der Waals surface area (Å²) in [5.74, 6) is 2.71. The molecule has 0 heterocycles. The fourth-order valence-corrected chi connectivity index (χ4v) is 11.1. The van der Waals surface area contributed by atoms with E-state index < -0.39 is 5.54 Å². The third kappa shape index (κ3) is 3.28. The second-order valence-corrected chi connectivity index (χ2v) is 14.9. The summed E-state index contributed by atoms with van der Waals surface area (Å²) in [6, 6.07) is 0. The highest BCUT2D eigenvalue weighted by molar-refractivity contribution is 5.66. The average Bonchev–Trinajstić information content (AvgIpc) is 2.80. The molecule has 0 aromatic carbocycles. The van der Waals surface area contributed by atoms with E-state index in [0.29, 0.717) is 17.3 Å². The minimum absolute atomic E-state index is 0.0516. The van der Waals surface area contributed by atoms with E-state index >= 15 is 0 Å². The van der Waals surface area contributed by atoms with Crippen LogP contribution in [0.25, 0.3) is 0 Å². The smallest absolute Gasteiger partial charge is 0.302 e. The first-order valence-corrected chi connectivity index (χ1v) is 14.7. The summed E-state index contributed by atoms with van der Waals surface area (Å²) in [5.41, 5.74) is 2.03. The van der Waals surface area contributed by atoms with Gasteiger partial charge in [0.15, 0.2) is 0 Å². The van der Waals surface area contributed by atoms with Crippen molar-refractivity contribution in [2.24, 2.45) is 56.2 Å².